The predicted molar refractivity (Wildman–Crippen MR) is 87.1 cm³/mol. The van der Waals surface area contributed by atoms with E-state index in [1.807, 2.05) is 25.1 Å². The van der Waals surface area contributed by atoms with Crippen LogP contribution in [0.4, 0.5) is 11.5 Å². The first-order valence-electron chi connectivity index (χ1n) is 7.02. The molecular formula is C17H17N4O. The van der Waals surface area contributed by atoms with E-state index in [4.69, 9.17) is 5.73 Å². The highest BCUT2D eigenvalue weighted by atomic mass is 16.3. The van der Waals surface area contributed by atoms with E-state index in [1.54, 1.807) is 24.3 Å². The van der Waals surface area contributed by atoms with Gasteiger partial charge in [-0.15, -0.1) is 0 Å². The molecule has 0 saturated carbocycles. The summed E-state index contributed by atoms with van der Waals surface area (Å²) in [6.07, 6.45) is 6.89. The molecule has 22 heavy (non-hydrogen) atoms. The summed E-state index contributed by atoms with van der Waals surface area (Å²) in [5, 5.41) is 12.8. The number of phenols is 1. The molecule has 0 amide bonds. The van der Waals surface area contributed by atoms with Crippen LogP contribution in [0.25, 0.3) is 0 Å². The average Bonchev–Trinajstić information content (AvgIpc) is 2.46. The molecule has 111 valence electrons. The number of rotatable bonds is 3. The van der Waals surface area contributed by atoms with Gasteiger partial charge in [0.15, 0.2) is 0 Å². The zero-order valence-corrected chi connectivity index (χ0v) is 12.2. The van der Waals surface area contributed by atoms with E-state index in [-0.39, 0.29) is 5.75 Å². The minimum atomic E-state index is 0.230. The molecule has 5 nitrogen and oxygen atoms in total. The van der Waals surface area contributed by atoms with E-state index >= 15 is 0 Å². The molecule has 1 aromatic carbocycles. The van der Waals surface area contributed by atoms with Gasteiger partial charge in [0.25, 0.3) is 0 Å². The number of nitrogens with two attached hydrogens (primary N) is 1. The Balaban J connectivity index is 1.83. The standard InChI is InChI=1S/C17H17N4O/c1-11-19-16(10-17(18)20-11)12-4-2-5-13(8-12)21-14-6-3-7-15(22)9-14/h2-3,5-10,21-22H,4H2,1H3,(H2,18,19,20). The van der Waals surface area contributed by atoms with Gasteiger partial charge >= 0.3 is 0 Å². The Morgan fingerprint density at radius 3 is 2.86 bits per heavy atom. The van der Waals surface area contributed by atoms with Crippen LogP contribution in [-0.2, 0) is 0 Å². The number of aryl methyl sites for hydroxylation is 1. The second kappa shape index (κ2) is 5.89. The number of nitrogens with one attached hydrogen (secondary N) is 1. The summed E-state index contributed by atoms with van der Waals surface area (Å²) in [4.78, 5) is 8.54. The number of anilines is 2. The summed E-state index contributed by atoms with van der Waals surface area (Å²) >= 11 is 0. The first-order valence-corrected chi connectivity index (χ1v) is 7.02. The summed E-state index contributed by atoms with van der Waals surface area (Å²) in [5.74, 6) is 2.43. The lowest BCUT2D eigenvalue weighted by molar-refractivity contribution is 0.475. The van der Waals surface area contributed by atoms with Gasteiger partial charge in [0.2, 0.25) is 0 Å². The maximum absolute atomic E-state index is 9.52. The molecule has 1 heterocycles. The lowest BCUT2D eigenvalue weighted by Gasteiger charge is -2.17. The average molecular weight is 293 g/mol. The van der Waals surface area contributed by atoms with Crippen molar-refractivity contribution in [3.8, 4) is 5.75 Å². The summed E-state index contributed by atoms with van der Waals surface area (Å²) in [6, 6.07) is 8.79. The van der Waals surface area contributed by atoms with E-state index in [9.17, 15) is 5.11 Å². The Morgan fingerprint density at radius 2 is 2.09 bits per heavy atom. The molecule has 0 bridgehead atoms. The molecule has 0 fully saturated rings. The lowest BCUT2D eigenvalue weighted by atomic mass is 9.95. The Hall–Kier alpha value is -2.82. The third-order valence-electron chi connectivity index (χ3n) is 3.29. The van der Waals surface area contributed by atoms with Gasteiger partial charge in [0.1, 0.15) is 17.4 Å². The lowest BCUT2D eigenvalue weighted by Crippen LogP contribution is -2.09. The Morgan fingerprint density at radius 1 is 1.23 bits per heavy atom. The largest absolute Gasteiger partial charge is 0.508 e. The Kier molecular flexibility index (Phi) is 3.78. The van der Waals surface area contributed by atoms with Gasteiger partial charge in [0.05, 0.1) is 11.6 Å². The zero-order valence-electron chi connectivity index (χ0n) is 12.2. The van der Waals surface area contributed by atoms with Gasteiger partial charge in [-0.05, 0) is 37.6 Å². The molecule has 1 aromatic heterocycles. The highest BCUT2D eigenvalue weighted by Gasteiger charge is 2.15. The second-order valence-corrected chi connectivity index (χ2v) is 5.13. The van der Waals surface area contributed by atoms with Crippen molar-refractivity contribution in [2.24, 2.45) is 0 Å². The van der Waals surface area contributed by atoms with Gasteiger partial charge in [0, 0.05) is 23.5 Å². The van der Waals surface area contributed by atoms with Crippen molar-refractivity contribution in [1.82, 2.24) is 9.97 Å². The summed E-state index contributed by atoms with van der Waals surface area (Å²) in [5.41, 5.74) is 8.39. The fraction of sp³-hybridized carbons (Fsp3) is 0.118. The zero-order chi connectivity index (χ0) is 15.5. The molecule has 4 N–H and O–H groups in total. The SMILES string of the molecule is Cc1nc(N)cc([C]2C=C(Nc3cccc(O)c3)C=CC2)n1. The van der Waals surface area contributed by atoms with Gasteiger partial charge in [-0.3, -0.25) is 0 Å². The Bertz CT molecular complexity index is 732. The number of hydrogen-bond acceptors (Lipinski definition) is 5. The summed E-state index contributed by atoms with van der Waals surface area (Å²) in [6.45, 7) is 1.83. The van der Waals surface area contributed by atoms with Crippen molar-refractivity contribution in [2.45, 2.75) is 13.3 Å². The number of aromatic hydroxyl groups is 1. The molecule has 0 spiro atoms. The Labute approximate surface area is 129 Å². The molecule has 2 aromatic rings. The van der Waals surface area contributed by atoms with Crippen LogP contribution >= 0.6 is 0 Å². The van der Waals surface area contributed by atoms with Crippen molar-refractivity contribution in [1.29, 1.82) is 0 Å². The third-order valence-corrected chi connectivity index (χ3v) is 3.29. The van der Waals surface area contributed by atoms with Crippen LogP contribution in [0.15, 0.2) is 54.3 Å². The van der Waals surface area contributed by atoms with E-state index in [2.05, 4.69) is 21.4 Å². The first-order chi connectivity index (χ1) is 10.6. The number of nitrogen functional groups attached to an aromatic ring is 1. The number of allylic oxidation sites excluding steroid dienone is 3. The molecule has 0 saturated heterocycles. The minimum absolute atomic E-state index is 0.230. The van der Waals surface area contributed by atoms with E-state index in [0.717, 1.165) is 29.4 Å². The van der Waals surface area contributed by atoms with E-state index < -0.39 is 0 Å². The fourth-order valence-electron chi connectivity index (χ4n) is 2.37. The van der Waals surface area contributed by atoms with Crippen LogP contribution < -0.4 is 11.1 Å². The highest BCUT2D eigenvalue weighted by molar-refractivity contribution is 5.56. The van der Waals surface area contributed by atoms with Gasteiger partial charge in [-0.25, -0.2) is 9.97 Å². The molecule has 5 heteroatoms. The minimum Gasteiger partial charge on any atom is -0.508 e. The van der Waals surface area contributed by atoms with Crippen molar-refractivity contribution in [2.75, 3.05) is 11.1 Å². The van der Waals surface area contributed by atoms with Crippen molar-refractivity contribution < 1.29 is 5.11 Å². The van der Waals surface area contributed by atoms with Crippen LogP contribution in [0.5, 0.6) is 5.75 Å². The quantitative estimate of drug-likeness (QED) is 0.810. The molecule has 0 aliphatic heterocycles. The van der Waals surface area contributed by atoms with Crippen molar-refractivity contribution in [3.05, 3.63) is 71.7 Å². The predicted octanol–water partition coefficient (Wildman–Crippen LogP) is 2.95. The molecule has 0 atom stereocenters. The van der Waals surface area contributed by atoms with Crippen LogP contribution in [0.3, 0.4) is 0 Å². The maximum Gasteiger partial charge on any atom is 0.127 e. The summed E-state index contributed by atoms with van der Waals surface area (Å²) < 4.78 is 0. The number of hydrogen-bond donors (Lipinski definition) is 3. The van der Waals surface area contributed by atoms with Crippen molar-refractivity contribution >= 4 is 11.5 Å². The number of phenolic OH excluding ortho intramolecular Hbond substituents is 1. The number of benzene rings is 1. The fourth-order valence-corrected chi connectivity index (χ4v) is 2.37. The molecule has 0 unspecified atom stereocenters. The third kappa shape index (κ3) is 3.25. The monoisotopic (exact) mass is 293 g/mol. The van der Waals surface area contributed by atoms with Crippen LogP contribution in [0.2, 0.25) is 0 Å². The first kappa shape index (κ1) is 14.1. The van der Waals surface area contributed by atoms with Crippen molar-refractivity contribution in [3.63, 3.8) is 0 Å². The topological polar surface area (TPSA) is 84.1 Å². The van der Waals surface area contributed by atoms with Gasteiger partial charge in [-0.1, -0.05) is 12.1 Å². The molecule has 3 rings (SSSR count). The van der Waals surface area contributed by atoms with E-state index in [0.29, 0.717) is 11.6 Å². The second-order valence-electron chi connectivity index (χ2n) is 5.13. The smallest absolute Gasteiger partial charge is 0.127 e. The molecular weight excluding hydrogens is 276 g/mol. The maximum atomic E-state index is 9.52. The van der Waals surface area contributed by atoms with Crippen LogP contribution in [-0.4, -0.2) is 15.1 Å². The number of aromatic nitrogens is 2. The summed E-state index contributed by atoms with van der Waals surface area (Å²) in [7, 11) is 0. The number of nitrogens with zero attached hydrogens (tertiary/aromatic N) is 2. The molecule has 1 radical (unpaired) electrons. The molecule has 1 aliphatic rings. The van der Waals surface area contributed by atoms with Gasteiger partial charge in [-0.2, -0.15) is 0 Å². The van der Waals surface area contributed by atoms with Crippen LogP contribution in [0, 0.1) is 12.8 Å². The van der Waals surface area contributed by atoms with Gasteiger partial charge < -0.3 is 16.2 Å². The highest BCUT2D eigenvalue weighted by Crippen LogP contribution is 2.27. The van der Waals surface area contributed by atoms with Crippen LogP contribution in [0.1, 0.15) is 17.9 Å². The van der Waals surface area contributed by atoms with E-state index in [1.165, 1.54) is 0 Å². The molecule has 1 aliphatic carbocycles. The normalized spacial score (nSPS) is 14.7.